The van der Waals surface area contributed by atoms with E-state index in [1.54, 1.807) is 0 Å². The van der Waals surface area contributed by atoms with E-state index >= 15 is 0 Å². The van der Waals surface area contributed by atoms with Gasteiger partial charge in [0.1, 0.15) is 0 Å². The van der Waals surface area contributed by atoms with Crippen LogP contribution >= 0.6 is 0 Å². The zero-order chi connectivity index (χ0) is 19.3. The number of aromatic nitrogens is 2. The minimum atomic E-state index is -4.55. The van der Waals surface area contributed by atoms with Crippen LogP contribution in [0.25, 0.3) is 5.69 Å². The molecule has 1 atom stereocenters. The van der Waals surface area contributed by atoms with Gasteiger partial charge in [-0.3, -0.25) is 9.59 Å². The molecule has 2 N–H and O–H groups in total. The first-order valence-electron chi connectivity index (χ1n) is 7.96. The van der Waals surface area contributed by atoms with Crippen molar-refractivity contribution >= 4 is 11.9 Å². The average Bonchev–Trinajstić information content (AvgIpc) is 3.08. The third-order valence-corrected chi connectivity index (χ3v) is 3.75. The number of carbonyl (C=O) groups is 2. The third-order valence-electron chi connectivity index (χ3n) is 3.75. The lowest BCUT2D eigenvalue weighted by atomic mass is 10.0. The molecule has 1 aromatic heterocycles. The highest BCUT2D eigenvalue weighted by molar-refractivity contribution is 5.94. The highest BCUT2D eigenvalue weighted by Gasteiger charge is 2.33. The van der Waals surface area contributed by atoms with Crippen LogP contribution in [-0.4, -0.2) is 33.3 Å². The van der Waals surface area contributed by atoms with Crippen LogP contribution in [0.15, 0.2) is 36.5 Å². The number of nitrogens with zero attached hydrogens (tertiary/aromatic N) is 2. The molecule has 0 saturated carbocycles. The Morgan fingerprint density at radius 1 is 1.31 bits per heavy atom. The monoisotopic (exact) mass is 369 g/mol. The number of carbonyl (C=O) groups excluding carboxylic acids is 1. The van der Waals surface area contributed by atoms with Crippen LogP contribution in [0, 0.1) is 5.92 Å². The number of alkyl halides is 3. The van der Waals surface area contributed by atoms with Crippen LogP contribution in [0.4, 0.5) is 13.2 Å². The van der Waals surface area contributed by atoms with E-state index in [-0.39, 0.29) is 17.8 Å². The second-order valence-electron chi connectivity index (χ2n) is 5.73. The van der Waals surface area contributed by atoms with Gasteiger partial charge in [-0.2, -0.15) is 18.3 Å². The molecule has 2 rings (SSSR count). The molecule has 0 radical (unpaired) electrons. The maximum atomic E-state index is 12.6. The van der Waals surface area contributed by atoms with Crippen LogP contribution in [0.1, 0.15) is 35.8 Å². The van der Waals surface area contributed by atoms with Crippen molar-refractivity contribution in [3.63, 3.8) is 0 Å². The average molecular weight is 369 g/mol. The lowest BCUT2D eigenvalue weighted by Crippen LogP contribution is -2.33. The van der Waals surface area contributed by atoms with Gasteiger partial charge in [0.15, 0.2) is 5.69 Å². The van der Waals surface area contributed by atoms with E-state index in [1.807, 2.05) is 6.92 Å². The predicted octanol–water partition coefficient (Wildman–Crippen LogP) is 3.12. The number of hydrogen-bond donors (Lipinski definition) is 2. The van der Waals surface area contributed by atoms with E-state index in [9.17, 15) is 22.8 Å². The Bertz CT molecular complexity index is 787. The first-order chi connectivity index (χ1) is 12.2. The maximum absolute atomic E-state index is 12.6. The molecule has 0 bridgehead atoms. The standard InChI is InChI=1S/C17H18F3N3O3/c1-2-4-12(16(25)26)10-21-15(24)11-5-3-6-13(9-11)23-8-7-14(22-23)17(18,19)20/h3,5-9,12H,2,4,10H2,1H3,(H,21,24)(H,25,26). The van der Waals surface area contributed by atoms with Gasteiger partial charge in [0, 0.05) is 18.3 Å². The van der Waals surface area contributed by atoms with Crippen LogP contribution in [0.5, 0.6) is 0 Å². The van der Waals surface area contributed by atoms with Crippen LogP contribution in [0.3, 0.4) is 0 Å². The fraction of sp³-hybridized carbons (Fsp3) is 0.353. The van der Waals surface area contributed by atoms with Gasteiger partial charge in [-0.1, -0.05) is 19.4 Å². The minimum absolute atomic E-state index is 0.0216. The van der Waals surface area contributed by atoms with Gasteiger partial charge in [0.25, 0.3) is 5.91 Å². The quantitative estimate of drug-likeness (QED) is 0.785. The van der Waals surface area contributed by atoms with Gasteiger partial charge in [-0.15, -0.1) is 0 Å². The van der Waals surface area contributed by atoms with Gasteiger partial charge in [0.2, 0.25) is 0 Å². The summed E-state index contributed by atoms with van der Waals surface area (Å²) in [5.74, 6) is -2.18. The zero-order valence-corrected chi connectivity index (χ0v) is 14.0. The number of carboxylic acids is 1. The Labute approximate surface area is 147 Å². The van der Waals surface area contributed by atoms with E-state index in [0.29, 0.717) is 12.8 Å². The Hall–Kier alpha value is -2.84. The van der Waals surface area contributed by atoms with Gasteiger partial charge in [0.05, 0.1) is 11.6 Å². The normalized spacial score (nSPS) is 12.6. The van der Waals surface area contributed by atoms with Crippen molar-refractivity contribution in [2.45, 2.75) is 25.9 Å². The van der Waals surface area contributed by atoms with Crippen molar-refractivity contribution < 1.29 is 27.9 Å². The van der Waals surface area contributed by atoms with E-state index in [1.165, 1.54) is 24.3 Å². The Morgan fingerprint density at radius 3 is 2.62 bits per heavy atom. The largest absolute Gasteiger partial charge is 0.481 e. The molecule has 0 saturated heterocycles. The van der Waals surface area contributed by atoms with Crippen LogP contribution < -0.4 is 5.32 Å². The SMILES string of the molecule is CCCC(CNC(=O)c1cccc(-n2ccc(C(F)(F)F)n2)c1)C(=O)O. The zero-order valence-electron chi connectivity index (χ0n) is 14.0. The molecule has 140 valence electrons. The Balaban J connectivity index is 2.12. The van der Waals surface area contributed by atoms with Gasteiger partial charge < -0.3 is 10.4 Å². The summed E-state index contributed by atoms with van der Waals surface area (Å²) in [4.78, 5) is 23.3. The molecule has 1 heterocycles. The number of carboxylic acid groups (broad SMARTS) is 1. The summed E-state index contributed by atoms with van der Waals surface area (Å²) in [5, 5.41) is 15.1. The second-order valence-corrected chi connectivity index (χ2v) is 5.73. The first kappa shape index (κ1) is 19.5. The van der Waals surface area contributed by atoms with Crippen molar-refractivity contribution in [1.82, 2.24) is 15.1 Å². The predicted molar refractivity (Wildman–Crippen MR) is 86.9 cm³/mol. The molecular formula is C17H18F3N3O3. The highest BCUT2D eigenvalue weighted by atomic mass is 19.4. The van der Waals surface area contributed by atoms with Crippen molar-refractivity contribution in [3.05, 3.63) is 47.8 Å². The Kier molecular flexibility index (Phi) is 6.01. The topological polar surface area (TPSA) is 84.2 Å². The third kappa shape index (κ3) is 4.84. The lowest BCUT2D eigenvalue weighted by molar-refractivity contribution is -0.142. The summed E-state index contributed by atoms with van der Waals surface area (Å²) in [6.45, 7) is 1.83. The minimum Gasteiger partial charge on any atom is -0.481 e. The molecule has 0 aliphatic heterocycles. The fourth-order valence-corrected chi connectivity index (χ4v) is 2.39. The van der Waals surface area contributed by atoms with Crippen molar-refractivity contribution in [1.29, 1.82) is 0 Å². The molecule has 0 aliphatic carbocycles. The van der Waals surface area contributed by atoms with Crippen molar-refractivity contribution in [2.24, 2.45) is 5.92 Å². The summed E-state index contributed by atoms with van der Waals surface area (Å²) in [7, 11) is 0. The van der Waals surface area contributed by atoms with E-state index in [2.05, 4.69) is 10.4 Å². The molecule has 1 amide bonds. The second kappa shape index (κ2) is 8.03. The smallest absolute Gasteiger partial charge is 0.435 e. The number of nitrogens with one attached hydrogen (secondary N) is 1. The molecule has 0 spiro atoms. The maximum Gasteiger partial charge on any atom is 0.435 e. The molecule has 6 nitrogen and oxygen atoms in total. The lowest BCUT2D eigenvalue weighted by Gasteiger charge is -2.12. The number of halogens is 3. The number of benzene rings is 1. The number of aliphatic carboxylic acids is 1. The van der Waals surface area contributed by atoms with Crippen LogP contribution in [-0.2, 0) is 11.0 Å². The molecule has 9 heteroatoms. The summed E-state index contributed by atoms with van der Waals surface area (Å²) >= 11 is 0. The van der Waals surface area contributed by atoms with Crippen molar-refractivity contribution in [3.8, 4) is 5.69 Å². The van der Waals surface area contributed by atoms with Crippen LogP contribution in [0.2, 0.25) is 0 Å². The highest BCUT2D eigenvalue weighted by Crippen LogP contribution is 2.27. The van der Waals surface area contributed by atoms with Gasteiger partial charge in [-0.25, -0.2) is 4.68 Å². The molecule has 2 aromatic rings. The number of hydrogen-bond acceptors (Lipinski definition) is 3. The summed E-state index contributed by atoms with van der Waals surface area (Å²) < 4.78 is 38.9. The van der Waals surface area contributed by atoms with E-state index in [0.717, 1.165) is 16.9 Å². The molecule has 0 fully saturated rings. The van der Waals surface area contributed by atoms with Gasteiger partial charge >= 0.3 is 12.1 Å². The fourth-order valence-electron chi connectivity index (χ4n) is 2.39. The summed E-state index contributed by atoms with van der Waals surface area (Å²) in [5.41, 5.74) is -0.542. The molecule has 0 aliphatic rings. The number of amides is 1. The summed E-state index contributed by atoms with van der Waals surface area (Å²) in [6.07, 6.45) is -2.29. The Morgan fingerprint density at radius 2 is 2.04 bits per heavy atom. The van der Waals surface area contributed by atoms with E-state index in [4.69, 9.17) is 5.11 Å². The molecule has 1 unspecified atom stereocenters. The van der Waals surface area contributed by atoms with E-state index < -0.39 is 29.7 Å². The molecule has 26 heavy (non-hydrogen) atoms. The van der Waals surface area contributed by atoms with Crippen molar-refractivity contribution in [2.75, 3.05) is 6.54 Å². The number of rotatable bonds is 7. The van der Waals surface area contributed by atoms with Gasteiger partial charge in [-0.05, 0) is 30.7 Å². The first-order valence-corrected chi connectivity index (χ1v) is 7.96. The molecular weight excluding hydrogens is 351 g/mol. The summed E-state index contributed by atoms with van der Waals surface area (Å²) in [6, 6.07) is 6.75. The molecule has 1 aromatic carbocycles.